The molecule has 0 unspecified atom stereocenters. The average Bonchev–Trinajstić information content (AvgIpc) is 3.38. The summed E-state index contributed by atoms with van der Waals surface area (Å²) in [6, 6.07) is 5.62. The number of aromatic amines is 2. The van der Waals surface area contributed by atoms with Gasteiger partial charge in [-0.3, -0.25) is 15.3 Å². The molecule has 0 aliphatic rings. The van der Waals surface area contributed by atoms with Gasteiger partial charge in [-0.1, -0.05) is 0 Å². The molecule has 0 atom stereocenters. The van der Waals surface area contributed by atoms with Crippen LogP contribution in [0.5, 0.6) is 0 Å². The molecule has 0 saturated heterocycles. The number of hydrogen-bond acceptors (Lipinski definition) is 10. The van der Waals surface area contributed by atoms with Gasteiger partial charge in [0, 0.05) is 19.7 Å². The van der Waals surface area contributed by atoms with E-state index in [0.717, 1.165) is 10.6 Å². The zero-order valence-electron chi connectivity index (χ0n) is 13.7. The van der Waals surface area contributed by atoms with Crippen LogP contribution in [0.2, 0.25) is 0 Å². The fourth-order valence-corrected chi connectivity index (χ4v) is 3.06. The smallest absolute Gasteiger partial charge is 0.230 e. The molecule has 6 N–H and O–H groups in total. The van der Waals surface area contributed by atoms with Crippen molar-refractivity contribution >= 4 is 46.0 Å². The van der Waals surface area contributed by atoms with Gasteiger partial charge in [0.25, 0.3) is 0 Å². The van der Waals surface area contributed by atoms with Gasteiger partial charge in [0.1, 0.15) is 0 Å². The molecule has 4 rings (SSSR count). The largest absolute Gasteiger partial charge is 0.449 e. The summed E-state index contributed by atoms with van der Waals surface area (Å²) in [5, 5.41) is 24.9. The Morgan fingerprint density at radius 3 is 2.81 bits per heavy atom. The molecule has 0 fully saturated rings. The summed E-state index contributed by atoms with van der Waals surface area (Å²) in [5.41, 5.74) is 6.63. The first-order valence-corrected chi connectivity index (χ1v) is 8.50. The molecule has 0 bridgehead atoms. The van der Waals surface area contributed by atoms with Gasteiger partial charge in [-0.15, -0.1) is 31.7 Å². The van der Waals surface area contributed by atoms with Gasteiger partial charge in [0.15, 0.2) is 5.88 Å². The molecule has 0 aromatic carbocycles. The maximum Gasteiger partial charge on any atom is 0.230 e. The van der Waals surface area contributed by atoms with Crippen molar-refractivity contribution in [2.24, 2.45) is 0 Å². The van der Waals surface area contributed by atoms with E-state index in [1.54, 1.807) is 29.7 Å². The van der Waals surface area contributed by atoms with Crippen molar-refractivity contribution < 1.29 is 4.42 Å². The third-order valence-corrected chi connectivity index (χ3v) is 4.31. The van der Waals surface area contributed by atoms with Crippen LogP contribution in [0.15, 0.2) is 34.3 Å². The second-order valence-electron chi connectivity index (χ2n) is 5.46. The van der Waals surface area contributed by atoms with Crippen LogP contribution >= 0.6 is 11.3 Å². The third kappa shape index (κ3) is 3.59. The quantitative estimate of drug-likeness (QED) is 0.329. The SMILES string of the molecule is CN(Cc1csc(Nc2nnc(N)[nH]2)c1)c1nnc(Nc2ccco2)[nH]1. The van der Waals surface area contributed by atoms with Crippen molar-refractivity contribution in [3.63, 3.8) is 0 Å². The highest BCUT2D eigenvalue weighted by Crippen LogP contribution is 2.25. The summed E-state index contributed by atoms with van der Waals surface area (Å²) in [6.45, 7) is 0.659. The summed E-state index contributed by atoms with van der Waals surface area (Å²) in [4.78, 5) is 7.88. The van der Waals surface area contributed by atoms with Crippen LogP contribution in [0.25, 0.3) is 0 Å². The Balaban J connectivity index is 1.37. The van der Waals surface area contributed by atoms with Gasteiger partial charge in [-0.25, -0.2) is 0 Å². The van der Waals surface area contributed by atoms with E-state index in [-0.39, 0.29) is 5.95 Å². The van der Waals surface area contributed by atoms with Crippen LogP contribution in [-0.4, -0.2) is 37.4 Å². The standard InChI is InChI=1S/C14H16N10OS/c1-24(14-19-12(22-23-14)16-9-3-2-4-25-9)6-8-5-10(26-7-8)17-13-18-11(15)20-21-13/h2-5,7H,6H2,1H3,(H2,16,19,22,23)(H4,15,17,18,20,21). The van der Waals surface area contributed by atoms with Gasteiger partial charge in [-0.05, 0) is 23.1 Å². The minimum atomic E-state index is 0.272. The van der Waals surface area contributed by atoms with Crippen LogP contribution in [0.4, 0.5) is 34.7 Å². The summed E-state index contributed by atoms with van der Waals surface area (Å²) >= 11 is 1.56. The Hall–Kier alpha value is -3.54. The van der Waals surface area contributed by atoms with E-state index in [9.17, 15) is 0 Å². The van der Waals surface area contributed by atoms with E-state index in [4.69, 9.17) is 10.2 Å². The number of nitrogen functional groups attached to an aromatic ring is 1. The fraction of sp³-hybridized carbons (Fsp3) is 0.143. The predicted octanol–water partition coefficient (Wildman–Crippen LogP) is 2.28. The summed E-state index contributed by atoms with van der Waals surface area (Å²) in [5.74, 6) is 2.53. The number of thiophene rings is 1. The van der Waals surface area contributed by atoms with Gasteiger partial charge in [-0.2, -0.15) is 0 Å². The molecule has 4 aromatic rings. The molecule has 0 saturated carbocycles. The summed E-state index contributed by atoms with van der Waals surface area (Å²) in [7, 11) is 1.93. The highest BCUT2D eigenvalue weighted by Gasteiger charge is 2.11. The lowest BCUT2D eigenvalue weighted by Crippen LogP contribution is -2.17. The first kappa shape index (κ1) is 16.0. The van der Waals surface area contributed by atoms with Crippen LogP contribution < -0.4 is 21.3 Å². The zero-order valence-corrected chi connectivity index (χ0v) is 14.5. The Bertz CT molecular complexity index is 972. The Kier molecular flexibility index (Phi) is 4.15. The lowest BCUT2D eigenvalue weighted by molar-refractivity contribution is 0.584. The molecule has 4 aromatic heterocycles. The fourth-order valence-electron chi connectivity index (χ4n) is 2.27. The highest BCUT2D eigenvalue weighted by molar-refractivity contribution is 7.14. The van der Waals surface area contributed by atoms with Gasteiger partial charge in [0.2, 0.25) is 23.8 Å². The molecular formula is C14H16N10OS. The zero-order chi connectivity index (χ0) is 17.9. The summed E-state index contributed by atoms with van der Waals surface area (Å²) in [6.07, 6.45) is 1.58. The molecule has 0 spiro atoms. The number of anilines is 6. The summed E-state index contributed by atoms with van der Waals surface area (Å²) < 4.78 is 5.22. The topological polar surface area (TPSA) is 150 Å². The molecule has 12 heteroatoms. The van der Waals surface area contributed by atoms with Crippen LogP contribution in [-0.2, 0) is 6.54 Å². The maximum atomic E-state index is 5.51. The van der Waals surface area contributed by atoms with Crippen molar-refractivity contribution in [1.82, 2.24) is 30.4 Å². The Morgan fingerprint density at radius 2 is 2.04 bits per heavy atom. The molecule has 4 heterocycles. The van der Waals surface area contributed by atoms with Crippen molar-refractivity contribution in [2.75, 3.05) is 28.3 Å². The second kappa shape index (κ2) is 6.76. The molecule has 26 heavy (non-hydrogen) atoms. The average molecular weight is 372 g/mol. The monoisotopic (exact) mass is 372 g/mol. The first-order valence-electron chi connectivity index (χ1n) is 7.62. The first-order chi connectivity index (χ1) is 12.7. The number of rotatable bonds is 7. The minimum Gasteiger partial charge on any atom is -0.449 e. The second-order valence-corrected chi connectivity index (χ2v) is 6.37. The lowest BCUT2D eigenvalue weighted by atomic mass is 10.3. The van der Waals surface area contributed by atoms with Gasteiger partial charge in [0.05, 0.1) is 11.3 Å². The van der Waals surface area contributed by atoms with E-state index in [1.165, 1.54) is 0 Å². The highest BCUT2D eigenvalue weighted by atomic mass is 32.1. The molecule has 0 amide bonds. The number of nitrogens with one attached hydrogen (secondary N) is 4. The molecule has 0 aliphatic heterocycles. The molecule has 134 valence electrons. The van der Waals surface area contributed by atoms with Crippen LogP contribution in [0.1, 0.15) is 5.56 Å². The maximum absolute atomic E-state index is 5.51. The number of nitrogens with two attached hydrogens (primary N) is 1. The van der Waals surface area contributed by atoms with Crippen molar-refractivity contribution in [2.45, 2.75) is 6.54 Å². The number of furan rings is 1. The van der Waals surface area contributed by atoms with Crippen molar-refractivity contribution in [3.8, 4) is 0 Å². The minimum absolute atomic E-state index is 0.272. The van der Waals surface area contributed by atoms with Crippen LogP contribution in [0, 0.1) is 0 Å². The normalized spacial score (nSPS) is 10.8. The Labute approximate surface area is 151 Å². The number of hydrogen-bond donors (Lipinski definition) is 5. The van der Waals surface area contributed by atoms with Gasteiger partial charge >= 0.3 is 0 Å². The number of aromatic nitrogens is 6. The van der Waals surface area contributed by atoms with E-state index in [0.29, 0.717) is 30.3 Å². The van der Waals surface area contributed by atoms with Crippen molar-refractivity contribution in [3.05, 3.63) is 35.4 Å². The molecule has 11 nitrogen and oxygen atoms in total. The van der Waals surface area contributed by atoms with E-state index < -0.39 is 0 Å². The molecule has 0 radical (unpaired) electrons. The predicted molar refractivity (Wildman–Crippen MR) is 98.9 cm³/mol. The van der Waals surface area contributed by atoms with Crippen molar-refractivity contribution in [1.29, 1.82) is 0 Å². The number of nitrogens with zero attached hydrogens (tertiary/aromatic N) is 5. The lowest BCUT2D eigenvalue weighted by Gasteiger charge is -2.13. The Morgan fingerprint density at radius 1 is 1.19 bits per heavy atom. The van der Waals surface area contributed by atoms with E-state index >= 15 is 0 Å². The third-order valence-electron chi connectivity index (χ3n) is 3.42. The van der Waals surface area contributed by atoms with E-state index in [2.05, 4.69) is 46.4 Å². The van der Waals surface area contributed by atoms with Gasteiger partial charge < -0.3 is 20.4 Å². The number of H-pyrrole nitrogens is 2. The molecular weight excluding hydrogens is 356 g/mol. The van der Waals surface area contributed by atoms with Crippen LogP contribution in [0.3, 0.4) is 0 Å². The van der Waals surface area contributed by atoms with E-state index in [1.807, 2.05) is 18.0 Å². The molecule has 0 aliphatic carbocycles.